The molecule has 1 aromatic heterocycles. The maximum atomic E-state index is 12.6. The Kier molecular flexibility index (Phi) is 7.49. The minimum absolute atomic E-state index is 0.277. The molecular weight excluding hydrogens is 432 g/mol. The van der Waals surface area contributed by atoms with Gasteiger partial charge < -0.3 is 15.4 Å². The van der Waals surface area contributed by atoms with E-state index in [2.05, 4.69) is 10.6 Å². The topological polar surface area (TPSA) is 84.5 Å². The van der Waals surface area contributed by atoms with Crippen LogP contribution in [0.2, 0.25) is 0 Å². The summed E-state index contributed by atoms with van der Waals surface area (Å²) in [5.41, 5.74) is 1.65. The molecule has 0 fully saturated rings. The summed E-state index contributed by atoms with van der Waals surface area (Å²) in [6.07, 6.45) is 0. The number of amides is 2. The zero-order valence-electron chi connectivity index (χ0n) is 17.4. The molecule has 2 N–H and O–H groups in total. The van der Waals surface area contributed by atoms with Gasteiger partial charge in [-0.1, -0.05) is 42.1 Å². The molecule has 0 unspecified atom stereocenters. The van der Waals surface area contributed by atoms with Crippen molar-refractivity contribution in [1.82, 2.24) is 0 Å². The molecule has 2 amide bonds. The van der Waals surface area contributed by atoms with Crippen LogP contribution in [0.25, 0.3) is 0 Å². The summed E-state index contributed by atoms with van der Waals surface area (Å²) >= 11 is 2.83. The van der Waals surface area contributed by atoms with Gasteiger partial charge in [0.15, 0.2) is 6.61 Å². The number of carbonyl (C=O) groups is 3. The van der Waals surface area contributed by atoms with Crippen molar-refractivity contribution >= 4 is 51.6 Å². The van der Waals surface area contributed by atoms with Gasteiger partial charge in [0.1, 0.15) is 5.00 Å². The van der Waals surface area contributed by atoms with E-state index in [9.17, 15) is 14.4 Å². The van der Waals surface area contributed by atoms with Gasteiger partial charge in [-0.3, -0.25) is 9.59 Å². The number of thiophene rings is 1. The van der Waals surface area contributed by atoms with Crippen LogP contribution in [-0.2, 0) is 14.3 Å². The van der Waals surface area contributed by atoms with Gasteiger partial charge in [0, 0.05) is 21.6 Å². The molecule has 0 atom stereocenters. The average Bonchev–Trinajstić information content (AvgIpc) is 3.01. The Hall–Kier alpha value is -3.10. The molecule has 31 heavy (non-hydrogen) atoms. The molecule has 0 aliphatic carbocycles. The van der Waals surface area contributed by atoms with E-state index in [1.165, 1.54) is 30.0 Å². The number of hydrogen-bond acceptors (Lipinski definition) is 6. The number of nitrogens with one attached hydrogen (secondary N) is 2. The van der Waals surface area contributed by atoms with Crippen LogP contribution in [-0.4, -0.2) is 24.4 Å². The normalized spacial score (nSPS) is 10.4. The second-order valence-corrected chi connectivity index (χ2v) is 9.04. The van der Waals surface area contributed by atoms with Crippen LogP contribution in [0.5, 0.6) is 0 Å². The molecule has 0 spiro atoms. The molecule has 3 aromatic rings. The third-order valence-corrected chi connectivity index (χ3v) is 6.55. The fourth-order valence-electron chi connectivity index (χ4n) is 2.78. The summed E-state index contributed by atoms with van der Waals surface area (Å²) in [5.74, 6) is -1.37. The first-order valence-electron chi connectivity index (χ1n) is 9.51. The van der Waals surface area contributed by atoms with E-state index in [-0.39, 0.29) is 11.5 Å². The Bertz CT molecular complexity index is 1110. The fourth-order valence-corrected chi connectivity index (χ4v) is 4.80. The number of benzene rings is 2. The van der Waals surface area contributed by atoms with E-state index in [1.807, 2.05) is 55.5 Å². The van der Waals surface area contributed by atoms with Crippen LogP contribution in [0.15, 0.2) is 64.4 Å². The van der Waals surface area contributed by atoms with Gasteiger partial charge in [-0.05, 0) is 43.7 Å². The van der Waals surface area contributed by atoms with Crippen LogP contribution in [0.4, 0.5) is 10.7 Å². The molecule has 8 heteroatoms. The highest BCUT2D eigenvalue weighted by Crippen LogP contribution is 2.34. The van der Waals surface area contributed by atoms with Gasteiger partial charge in [0.2, 0.25) is 5.91 Å². The van der Waals surface area contributed by atoms with E-state index in [1.54, 1.807) is 13.0 Å². The second kappa shape index (κ2) is 10.3. The van der Waals surface area contributed by atoms with Crippen molar-refractivity contribution in [3.63, 3.8) is 0 Å². The summed E-state index contributed by atoms with van der Waals surface area (Å²) in [7, 11) is 0. The van der Waals surface area contributed by atoms with Gasteiger partial charge in [-0.2, -0.15) is 0 Å². The highest BCUT2D eigenvalue weighted by atomic mass is 32.2. The lowest BCUT2D eigenvalue weighted by atomic mass is 10.1. The Morgan fingerprint density at radius 2 is 1.65 bits per heavy atom. The van der Waals surface area contributed by atoms with Crippen molar-refractivity contribution in [2.75, 3.05) is 17.2 Å². The van der Waals surface area contributed by atoms with Gasteiger partial charge in [0.05, 0.1) is 11.3 Å². The van der Waals surface area contributed by atoms with Crippen LogP contribution in [0.1, 0.15) is 27.7 Å². The molecule has 2 aromatic carbocycles. The number of rotatable bonds is 7. The van der Waals surface area contributed by atoms with Gasteiger partial charge in [-0.15, -0.1) is 11.3 Å². The van der Waals surface area contributed by atoms with E-state index in [4.69, 9.17) is 4.74 Å². The summed E-state index contributed by atoms with van der Waals surface area (Å²) in [6, 6.07) is 17.3. The Morgan fingerprint density at radius 1 is 0.968 bits per heavy atom. The predicted molar refractivity (Wildman–Crippen MR) is 124 cm³/mol. The monoisotopic (exact) mass is 454 g/mol. The van der Waals surface area contributed by atoms with Crippen LogP contribution >= 0.6 is 23.1 Å². The highest BCUT2D eigenvalue weighted by molar-refractivity contribution is 7.99. The molecule has 0 saturated carbocycles. The Labute approximate surface area is 189 Å². The largest absolute Gasteiger partial charge is 0.452 e. The van der Waals surface area contributed by atoms with Crippen molar-refractivity contribution in [1.29, 1.82) is 0 Å². The molecule has 0 saturated heterocycles. The Morgan fingerprint density at radius 3 is 2.35 bits per heavy atom. The first-order valence-corrected chi connectivity index (χ1v) is 11.1. The summed E-state index contributed by atoms with van der Waals surface area (Å²) in [5, 5.41) is 5.88. The van der Waals surface area contributed by atoms with E-state index >= 15 is 0 Å². The van der Waals surface area contributed by atoms with E-state index in [0.29, 0.717) is 10.7 Å². The minimum atomic E-state index is -0.646. The third-order valence-electron chi connectivity index (χ3n) is 4.35. The van der Waals surface area contributed by atoms with Crippen molar-refractivity contribution in [2.24, 2.45) is 0 Å². The first-order chi connectivity index (χ1) is 14.8. The van der Waals surface area contributed by atoms with Crippen molar-refractivity contribution < 1.29 is 19.1 Å². The molecule has 0 radical (unpaired) electrons. The summed E-state index contributed by atoms with van der Waals surface area (Å²) in [6.45, 7) is 4.58. The number of carbonyl (C=O) groups excluding carboxylic acids is 3. The lowest BCUT2D eigenvalue weighted by Crippen LogP contribution is -2.22. The minimum Gasteiger partial charge on any atom is -0.452 e. The lowest BCUT2D eigenvalue weighted by molar-refractivity contribution is -0.119. The third kappa shape index (κ3) is 5.96. The average molecular weight is 455 g/mol. The van der Waals surface area contributed by atoms with Gasteiger partial charge in [0.25, 0.3) is 5.91 Å². The molecular formula is C23H22N2O4S2. The molecule has 0 aliphatic heterocycles. The SMILES string of the molecule is CC(=O)Nc1sc(C)c(C)c1C(=O)OCC(=O)Nc1ccccc1Sc1ccccc1. The quantitative estimate of drug-likeness (QED) is 0.475. The number of para-hydroxylation sites is 1. The van der Waals surface area contributed by atoms with Crippen molar-refractivity contribution in [3.8, 4) is 0 Å². The summed E-state index contributed by atoms with van der Waals surface area (Å²) in [4.78, 5) is 39.3. The molecule has 1 heterocycles. The second-order valence-electron chi connectivity index (χ2n) is 6.70. The van der Waals surface area contributed by atoms with Crippen LogP contribution in [0.3, 0.4) is 0 Å². The van der Waals surface area contributed by atoms with Crippen molar-refractivity contribution in [2.45, 2.75) is 30.6 Å². The van der Waals surface area contributed by atoms with Gasteiger partial charge >= 0.3 is 5.97 Å². The predicted octanol–water partition coefficient (Wildman–Crippen LogP) is 5.27. The lowest BCUT2D eigenvalue weighted by Gasteiger charge is -2.11. The number of anilines is 2. The smallest absolute Gasteiger partial charge is 0.341 e. The van der Waals surface area contributed by atoms with Crippen LogP contribution in [0, 0.1) is 13.8 Å². The maximum Gasteiger partial charge on any atom is 0.341 e. The fraction of sp³-hybridized carbons (Fsp3) is 0.174. The Balaban J connectivity index is 1.65. The van der Waals surface area contributed by atoms with Crippen LogP contribution < -0.4 is 10.6 Å². The number of hydrogen-bond donors (Lipinski definition) is 2. The zero-order valence-corrected chi connectivity index (χ0v) is 19.0. The standard InChI is InChI=1S/C23H22N2O4S2/c1-14-15(2)30-22(24-16(3)26)21(14)23(28)29-13-20(27)25-18-11-7-8-12-19(18)31-17-9-5-4-6-10-17/h4-12H,13H2,1-3H3,(H,24,26)(H,25,27). The van der Waals surface area contributed by atoms with Crippen molar-refractivity contribution in [3.05, 3.63) is 70.6 Å². The number of ether oxygens (including phenoxy) is 1. The van der Waals surface area contributed by atoms with Gasteiger partial charge in [-0.25, -0.2) is 4.79 Å². The highest BCUT2D eigenvalue weighted by Gasteiger charge is 2.22. The number of aryl methyl sites for hydroxylation is 1. The first kappa shape index (κ1) is 22.6. The molecule has 6 nitrogen and oxygen atoms in total. The zero-order chi connectivity index (χ0) is 22.4. The van der Waals surface area contributed by atoms with E-state index in [0.717, 1.165) is 20.2 Å². The van der Waals surface area contributed by atoms with E-state index < -0.39 is 18.5 Å². The molecule has 160 valence electrons. The molecule has 0 bridgehead atoms. The maximum absolute atomic E-state index is 12.6. The summed E-state index contributed by atoms with van der Waals surface area (Å²) < 4.78 is 5.23. The molecule has 3 rings (SSSR count). The molecule has 0 aliphatic rings. The number of esters is 1.